The highest BCUT2D eigenvalue weighted by atomic mass is 16.5. The predicted octanol–water partition coefficient (Wildman–Crippen LogP) is -0.0209. The van der Waals surface area contributed by atoms with Crippen molar-refractivity contribution >= 4 is 11.6 Å². The molecule has 1 aromatic heterocycles. The third-order valence-electron chi connectivity index (χ3n) is 3.18. The predicted molar refractivity (Wildman–Crippen MR) is 74.0 cm³/mol. The van der Waals surface area contributed by atoms with Crippen LogP contribution in [0.1, 0.15) is 24.2 Å². The highest BCUT2D eigenvalue weighted by molar-refractivity contribution is 5.99. The number of ether oxygens (including phenoxy) is 1. The number of aliphatic hydroxyl groups excluding tert-OH is 1. The number of hydrogen-bond donors (Lipinski definition) is 3. The number of pyridine rings is 1. The second kappa shape index (κ2) is 5.74. The van der Waals surface area contributed by atoms with Crippen molar-refractivity contribution in [1.82, 2.24) is 9.88 Å². The molecule has 1 unspecified atom stereocenters. The number of rotatable bonds is 3. The lowest BCUT2D eigenvalue weighted by atomic mass is 10.0. The summed E-state index contributed by atoms with van der Waals surface area (Å²) >= 11 is 0. The Labute approximate surface area is 117 Å². The zero-order valence-corrected chi connectivity index (χ0v) is 11.7. The van der Waals surface area contributed by atoms with Crippen LogP contribution in [0.25, 0.3) is 0 Å². The van der Waals surface area contributed by atoms with E-state index >= 15 is 0 Å². The number of aliphatic hydroxyl groups is 1. The first-order chi connectivity index (χ1) is 9.46. The van der Waals surface area contributed by atoms with Crippen LogP contribution >= 0.6 is 0 Å². The smallest absolute Gasteiger partial charge is 0.256 e. The summed E-state index contributed by atoms with van der Waals surface area (Å²) in [5.41, 5.74) is 2.91. The van der Waals surface area contributed by atoms with E-state index in [1.807, 2.05) is 13.8 Å². The first-order valence-electron chi connectivity index (χ1n) is 6.45. The molecule has 7 nitrogen and oxygen atoms in total. The van der Waals surface area contributed by atoms with Crippen molar-refractivity contribution in [3.63, 3.8) is 0 Å². The summed E-state index contributed by atoms with van der Waals surface area (Å²) in [5, 5.41) is 9.29. The molecule has 0 aliphatic carbocycles. The summed E-state index contributed by atoms with van der Waals surface area (Å²) in [6, 6.07) is 1.62. The van der Waals surface area contributed by atoms with Gasteiger partial charge in [-0.15, -0.1) is 0 Å². The number of nitrogens with one attached hydrogen (secondary N) is 1. The number of carbonyl (C=O) groups excluding carboxylic acids is 1. The van der Waals surface area contributed by atoms with Crippen molar-refractivity contribution in [2.24, 2.45) is 5.84 Å². The van der Waals surface area contributed by atoms with Crippen LogP contribution in [0, 0.1) is 0 Å². The lowest BCUT2D eigenvalue weighted by molar-refractivity contribution is -0.139. The van der Waals surface area contributed by atoms with Gasteiger partial charge in [0, 0.05) is 19.3 Å². The number of nitrogens with zero attached hydrogens (tertiary/aromatic N) is 2. The number of aromatic nitrogens is 1. The number of morpholine rings is 1. The molecule has 0 bridgehead atoms. The molecule has 0 aromatic carbocycles. The summed E-state index contributed by atoms with van der Waals surface area (Å²) in [4.78, 5) is 18.2. The quantitative estimate of drug-likeness (QED) is 0.531. The molecule has 2 rings (SSSR count). The van der Waals surface area contributed by atoms with E-state index in [4.69, 9.17) is 10.6 Å². The molecule has 7 heteroatoms. The van der Waals surface area contributed by atoms with Crippen LogP contribution in [0.3, 0.4) is 0 Å². The average molecular weight is 280 g/mol. The minimum atomic E-state index is -0.495. The maximum absolute atomic E-state index is 12.6. The zero-order chi connectivity index (χ0) is 14.8. The van der Waals surface area contributed by atoms with Crippen LogP contribution in [0.15, 0.2) is 18.5 Å². The van der Waals surface area contributed by atoms with Gasteiger partial charge in [-0.25, -0.2) is 0 Å². The summed E-state index contributed by atoms with van der Waals surface area (Å²) in [6.45, 7) is 4.47. The van der Waals surface area contributed by atoms with Crippen LogP contribution in [-0.2, 0) is 4.74 Å². The van der Waals surface area contributed by atoms with Gasteiger partial charge in [0.1, 0.15) is 0 Å². The maximum atomic E-state index is 12.6. The SMILES string of the molecule is CC1(C)CN(C(=O)c2ccncc2NN)CC(CO)O1. The number of hydrogen-bond acceptors (Lipinski definition) is 6. The van der Waals surface area contributed by atoms with Gasteiger partial charge in [0.2, 0.25) is 0 Å². The van der Waals surface area contributed by atoms with E-state index in [0.717, 1.165) is 0 Å². The van der Waals surface area contributed by atoms with Crippen molar-refractivity contribution in [3.8, 4) is 0 Å². The van der Waals surface area contributed by atoms with Crippen LogP contribution in [0.2, 0.25) is 0 Å². The largest absolute Gasteiger partial charge is 0.394 e. The van der Waals surface area contributed by atoms with Gasteiger partial charge in [-0.05, 0) is 19.9 Å². The molecule has 2 heterocycles. The first-order valence-corrected chi connectivity index (χ1v) is 6.45. The van der Waals surface area contributed by atoms with E-state index in [-0.39, 0.29) is 18.6 Å². The van der Waals surface area contributed by atoms with Crippen LogP contribution < -0.4 is 11.3 Å². The molecule has 1 aromatic rings. The Kier molecular flexibility index (Phi) is 4.22. The molecule has 1 fully saturated rings. The van der Waals surface area contributed by atoms with Gasteiger partial charge in [0.15, 0.2) is 0 Å². The Morgan fingerprint density at radius 1 is 1.70 bits per heavy atom. The second-order valence-electron chi connectivity index (χ2n) is 5.43. The van der Waals surface area contributed by atoms with Gasteiger partial charge in [0.25, 0.3) is 5.91 Å². The standard InChI is InChI=1S/C13H20N4O3/c1-13(2)8-17(6-9(7-18)20-13)12(19)10-3-4-15-5-11(10)16-14/h3-5,9,16,18H,6-8,14H2,1-2H3. The molecule has 1 aliphatic heterocycles. The van der Waals surface area contributed by atoms with Crippen molar-refractivity contribution < 1.29 is 14.6 Å². The highest BCUT2D eigenvalue weighted by Crippen LogP contribution is 2.24. The molecular formula is C13H20N4O3. The van der Waals surface area contributed by atoms with Crippen LogP contribution in [0.5, 0.6) is 0 Å². The lowest BCUT2D eigenvalue weighted by Crippen LogP contribution is -2.55. The fraction of sp³-hybridized carbons (Fsp3) is 0.538. The summed E-state index contributed by atoms with van der Waals surface area (Å²) in [7, 11) is 0. The van der Waals surface area contributed by atoms with E-state index < -0.39 is 5.60 Å². The molecule has 0 radical (unpaired) electrons. The summed E-state index contributed by atoms with van der Waals surface area (Å²) < 4.78 is 5.70. The van der Waals surface area contributed by atoms with Crippen molar-refractivity contribution in [2.75, 3.05) is 25.1 Å². The number of anilines is 1. The Balaban J connectivity index is 2.23. The number of amides is 1. The highest BCUT2D eigenvalue weighted by Gasteiger charge is 2.36. The minimum absolute atomic E-state index is 0.119. The zero-order valence-electron chi connectivity index (χ0n) is 11.7. The molecular weight excluding hydrogens is 260 g/mol. The second-order valence-corrected chi connectivity index (χ2v) is 5.43. The normalized spacial score (nSPS) is 21.6. The first kappa shape index (κ1) is 14.7. The van der Waals surface area contributed by atoms with Crippen molar-refractivity contribution in [3.05, 3.63) is 24.0 Å². The van der Waals surface area contributed by atoms with Crippen LogP contribution in [0.4, 0.5) is 5.69 Å². The molecule has 1 atom stereocenters. The number of carbonyl (C=O) groups is 1. The fourth-order valence-corrected chi connectivity index (χ4v) is 2.41. The van der Waals surface area contributed by atoms with E-state index in [1.54, 1.807) is 17.2 Å². The Morgan fingerprint density at radius 2 is 2.45 bits per heavy atom. The summed E-state index contributed by atoms with van der Waals surface area (Å²) in [5.74, 6) is 5.24. The third-order valence-corrected chi connectivity index (χ3v) is 3.18. The fourth-order valence-electron chi connectivity index (χ4n) is 2.41. The monoisotopic (exact) mass is 280 g/mol. The van der Waals surface area contributed by atoms with Gasteiger partial charge in [-0.2, -0.15) is 0 Å². The molecule has 1 amide bonds. The van der Waals surface area contributed by atoms with Gasteiger partial charge < -0.3 is 20.2 Å². The molecule has 0 saturated carbocycles. The average Bonchev–Trinajstić information content (AvgIpc) is 2.44. The number of nitrogen functional groups attached to an aromatic ring is 1. The topological polar surface area (TPSA) is 101 Å². The minimum Gasteiger partial charge on any atom is -0.394 e. The number of nitrogens with two attached hydrogens (primary N) is 1. The van der Waals surface area contributed by atoms with E-state index in [2.05, 4.69) is 10.4 Å². The molecule has 110 valence electrons. The lowest BCUT2D eigenvalue weighted by Gasteiger charge is -2.42. The Bertz CT molecular complexity index is 492. The molecule has 20 heavy (non-hydrogen) atoms. The van der Waals surface area contributed by atoms with E-state index in [1.165, 1.54) is 6.20 Å². The van der Waals surface area contributed by atoms with E-state index in [9.17, 15) is 9.90 Å². The third kappa shape index (κ3) is 3.06. The summed E-state index contributed by atoms with van der Waals surface area (Å²) in [6.07, 6.45) is 2.67. The van der Waals surface area contributed by atoms with Crippen molar-refractivity contribution in [1.29, 1.82) is 0 Å². The van der Waals surface area contributed by atoms with Crippen molar-refractivity contribution in [2.45, 2.75) is 25.6 Å². The molecule has 1 saturated heterocycles. The Hall–Kier alpha value is -1.70. The van der Waals surface area contributed by atoms with Gasteiger partial charge in [-0.3, -0.25) is 15.6 Å². The number of hydrazine groups is 1. The van der Waals surface area contributed by atoms with Gasteiger partial charge in [0.05, 0.1) is 35.8 Å². The van der Waals surface area contributed by atoms with Crippen LogP contribution in [-0.4, -0.2) is 52.3 Å². The molecule has 1 aliphatic rings. The van der Waals surface area contributed by atoms with E-state index in [0.29, 0.717) is 24.3 Å². The Morgan fingerprint density at radius 3 is 3.10 bits per heavy atom. The van der Waals surface area contributed by atoms with Gasteiger partial charge >= 0.3 is 0 Å². The maximum Gasteiger partial charge on any atom is 0.256 e. The molecule has 4 N–H and O–H groups in total. The molecule has 0 spiro atoms. The van der Waals surface area contributed by atoms with Gasteiger partial charge in [-0.1, -0.05) is 0 Å².